The summed E-state index contributed by atoms with van der Waals surface area (Å²) in [5, 5.41) is 22.4. The molecule has 2 amide bonds. The Morgan fingerprint density at radius 1 is 1.10 bits per heavy atom. The van der Waals surface area contributed by atoms with Crippen molar-refractivity contribution in [3.8, 4) is 5.75 Å². The Hall–Kier alpha value is -3.55. The van der Waals surface area contributed by atoms with Crippen LogP contribution in [0.15, 0.2) is 6.07 Å². The van der Waals surface area contributed by atoms with Crippen LogP contribution in [0.2, 0.25) is 0 Å². The maximum absolute atomic E-state index is 15.9. The molecule has 13 heteroatoms. The summed E-state index contributed by atoms with van der Waals surface area (Å²) in [6, 6.07) is -0.1000. The number of hydrogen-bond acceptors (Lipinski definition) is 10. The van der Waals surface area contributed by atoms with E-state index in [1.807, 2.05) is 4.90 Å². The van der Waals surface area contributed by atoms with Gasteiger partial charge in [-0.05, 0) is 64.9 Å². The molecule has 5 rings (SSSR count). The Morgan fingerprint density at radius 2 is 1.73 bits per heavy atom. The molecule has 220 valence electrons. The Balaban J connectivity index is 1.50. The fourth-order valence-electron chi connectivity index (χ4n) is 7.44. The molecule has 1 aromatic rings. The molecule has 3 fully saturated rings. The lowest BCUT2D eigenvalue weighted by Gasteiger charge is -2.52. The minimum atomic E-state index is -2.83. The normalized spacial score (nSPS) is 32.5. The first kappa shape index (κ1) is 29.0. The topological polar surface area (TPSA) is 201 Å². The number of benzene rings is 1. The number of amides is 2. The second kappa shape index (κ2) is 10.1. The zero-order valence-corrected chi connectivity index (χ0v) is 22.8. The smallest absolute Gasteiger partial charge is 0.235 e. The van der Waals surface area contributed by atoms with E-state index in [-0.39, 0.29) is 47.9 Å². The zero-order chi connectivity index (χ0) is 30.1. The van der Waals surface area contributed by atoms with Crippen molar-refractivity contribution in [2.45, 2.75) is 43.9 Å². The zero-order valence-electron chi connectivity index (χ0n) is 22.8. The minimum absolute atomic E-state index is 0.0682. The molecule has 6 N–H and O–H groups in total. The number of carbonyl (C=O) groups is 6. The summed E-state index contributed by atoms with van der Waals surface area (Å²) in [7, 11) is 2.98. The number of halogens is 1. The standard InChI is InChI=1S/C28H33FN4O8/c1-32(2)21-15-8-12-7-14-18(16(34)9-13(20(14)29)10-33-5-3-11(4-6-33)26(30)39)22(35)17(12)24(37)28(15,41)25(38)19(23(21)36)27(31)40/h9,11-12,15,17,19,21,34,41H,3-8,10H2,1-2H3,(H2,30,39)(H2,31,40)/t12-,15-,17?,19?,21-,28-/m0/s1. The molecule has 41 heavy (non-hydrogen) atoms. The number of hydrogen-bond donors (Lipinski definition) is 4. The second-order valence-electron chi connectivity index (χ2n) is 12.0. The number of likely N-dealkylation sites (tertiary alicyclic amines) is 1. The quantitative estimate of drug-likeness (QED) is 0.307. The van der Waals surface area contributed by atoms with Crippen LogP contribution in [0, 0.1) is 35.4 Å². The van der Waals surface area contributed by atoms with Gasteiger partial charge in [0.05, 0.1) is 17.5 Å². The number of phenolic OH excluding ortho intramolecular Hbond substituents is 1. The maximum Gasteiger partial charge on any atom is 0.235 e. The lowest BCUT2D eigenvalue weighted by Crippen LogP contribution is -2.74. The number of piperidine rings is 1. The average molecular weight is 573 g/mol. The fourth-order valence-corrected chi connectivity index (χ4v) is 7.44. The van der Waals surface area contributed by atoms with Crippen molar-refractivity contribution in [3.05, 3.63) is 28.6 Å². The molecule has 1 saturated heterocycles. The van der Waals surface area contributed by atoms with Crippen LogP contribution in [-0.4, -0.2) is 93.8 Å². The number of likely N-dealkylation sites (N-methyl/N-ethyl adjacent to an activating group) is 1. The van der Waals surface area contributed by atoms with Gasteiger partial charge in [0.1, 0.15) is 11.6 Å². The molecule has 1 aromatic carbocycles. The molecule has 0 aromatic heterocycles. The lowest BCUT2D eigenvalue weighted by molar-refractivity contribution is -0.181. The summed E-state index contributed by atoms with van der Waals surface area (Å²) >= 11 is 0. The number of fused-ring (bicyclic) bond motifs is 3. The summed E-state index contributed by atoms with van der Waals surface area (Å²) in [4.78, 5) is 80.7. The van der Waals surface area contributed by atoms with Gasteiger partial charge in [-0.2, -0.15) is 0 Å². The van der Waals surface area contributed by atoms with E-state index >= 15 is 4.39 Å². The number of aliphatic hydroxyl groups is 1. The third-order valence-electron chi connectivity index (χ3n) is 9.45. The highest BCUT2D eigenvalue weighted by Crippen LogP contribution is 2.51. The number of carbonyl (C=O) groups excluding carboxylic acids is 6. The largest absolute Gasteiger partial charge is 0.507 e. The summed E-state index contributed by atoms with van der Waals surface area (Å²) in [6.07, 6.45) is 0.727. The predicted molar refractivity (Wildman–Crippen MR) is 139 cm³/mol. The SMILES string of the molecule is CN(C)[C@@H]1C(=O)C(C(N)=O)C(=O)[C@@]2(O)C(=O)C3C(=O)c4c(O)cc(CN5CCC(C(N)=O)CC5)c(F)c4C[C@H]3C[C@@H]12. The monoisotopic (exact) mass is 572 g/mol. The Morgan fingerprint density at radius 3 is 2.29 bits per heavy atom. The number of aromatic hydroxyl groups is 1. The van der Waals surface area contributed by atoms with Crippen LogP contribution in [0.3, 0.4) is 0 Å². The van der Waals surface area contributed by atoms with E-state index in [0.717, 1.165) is 6.07 Å². The Kier molecular flexibility index (Phi) is 7.11. The molecule has 4 aliphatic rings. The number of nitrogens with two attached hydrogens (primary N) is 2. The van der Waals surface area contributed by atoms with E-state index in [1.54, 1.807) is 0 Å². The first-order chi connectivity index (χ1) is 19.2. The van der Waals surface area contributed by atoms with Gasteiger partial charge in [-0.3, -0.25) is 38.6 Å². The molecule has 3 aliphatic carbocycles. The van der Waals surface area contributed by atoms with E-state index < -0.39 is 75.9 Å². The van der Waals surface area contributed by atoms with E-state index in [9.17, 15) is 39.0 Å². The maximum atomic E-state index is 15.9. The molecule has 0 spiro atoms. The molecule has 12 nitrogen and oxygen atoms in total. The van der Waals surface area contributed by atoms with Crippen LogP contribution in [-0.2, 0) is 36.9 Å². The van der Waals surface area contributed by atoms with Crippen molar-refractivity contribution < 1.29 is 43.4 Å². The van der Waals surface area contributed by atoms with Crippen molar-refractivity contribution in [3.63, 3.8) is 0 Å². The second-order valence-corrected chi connectivity index (χ2v) is 12.0. The third kappa shape index (κ3) is 4.29. The van der Waals surface area contributed by atoms with Gasteiger partial charge < -0.3 is 21.7 Å². The number of rotatable bonds is 5. The average Bonchev–Trinajstić information content (AvgIpc) is 2.89. The molecular weight excluding hydrogens is 539 g/mol. The van der Waals surface area contributed by atoms with E-state index in [2.05, 4.69) is 0 Å². The number of phenols is 1. The molecular formula is C28H33FN4O8. The number of ketones is 4. The van der Waals surface area contributed by atoms with E-state index in [1.165, 1.54) is 19.0 Å². The van der Waals surface area contributed by atoms with Crippen LogP contribution in [0.1, 0.15) is 40.7 Å². The fraction of sp³-hybridized carbons (Fsp3) is 0.571. The highest BCUT2D eigenvalue weighted by atomic mass is 19.1. The van der Waals surface area contributed by atoms with Gasteiger partial charge in [-0.25, -0.2) is 4.39 Å². The number of nitrogens with zero attached hydrogens (tertiary/aromatic N) is 2. The summed E-state index contributed by atoms with van der Waals surface area (Å²) < 4.78 is 15.9. The highest BCUT2D eigenvalue weighted by Gasteiger charge is 2.69. The summed E-state index contributed by atoms with van der Waals surface area (Å²) in [6.45, 7) is 1.09. The molecule has 6 atom stereocenters. The Bertz CT molecular complexity index is 1390. The predicted octanol–water partition coefficient (Wildman–Crippen LogP) is -1.30. The van der Waals surface area contributed by atoms with Gasteiger partial charge in [0.25, 0.3) is 0 Å². The van der Waals surface area contributed by atoms with Crippen LogP contribution < -0.4 is 11.5 Å². The molecule has 1 aliphatic heterocycles. The number of primary amides is 2. The molecule has 0 bridgehead atoms. The molecule has 0 radical (unpaired) electrons. The molecule has 2 unspecified atom stereocenters. The van der Waals surface area contributed by atoms with E-state index in [0.29, 0.717) is 25.9 Å². The third-order valence-corrected chi connectivity index (χ3v) is 9.45. The molecule has 1 heterocycles. The van der Waals surface area contributed by atoms with Gasteiger partial charge in [0.2, 0.25) is 11.8 Å². The van der Waals surface area contributed by atoms with Crippen molar-refractivity contribution in [2.24, 2.45) is 41.1 Å². The van der Waals surface area contributed by atoms with Crippen molar-refractivity contribution in [1.29, 1.82) is 0 Å². The number of Topliss-reactive ketones (excluding diaryl/α,β-unsaturated/α-hetero) is 4. The van der Waals surface area contributed by atoms with Crippen LogP contribution in [0.4, 0.5) is 4.39 Å². The van der Waals surface area contributed by atoms with Gasteiger partial charge in [-0.15, -0.1) is 0 Å². The van der Waals surface area contributed by atoms with E-state index in [4.69, 9.17) is 11.5 Å². The summed E-state index contributed by atoms with van der Waals surface area (Å²) in [5.41, 5.74) is 7.56. The van der Waals surface area contributed by atoms with Gasteiger partial charge in [0.15, 0.2) is 34.7 Å². The minimum Gasteiger partial charge on any atom is -0.507 e. The first-order valence-electron chi connectivity index (χ1n) is 13.6. The first-order valence-corrected chi connectivity index (χ1v) is 13.6. The van der Waals surface area contributed by atoms with Crippen LogP contribution >= 0.6 is 0 Å². The van der Waals surface area contributed by atoms with Crippen molar-refractivity contribution in [1.82, 2.24) is 9.80 Å². The van der Waals surface area contributed by atoms with Gasteiger partial charge in [-0.1, -0.05) is 0 Å². The summed E-state index contributed by atoms with van der Waals surface area (Å²) in [5.74, 6) is -13.3. The molecule has 2 saturated carbocycles. The van der Waals surface area contributed by atoms with Crippen molar-refractivity contribution >= 4 is 34.9 Å². The van der Waals surface area contributed by atoms with Crippen LogP contribution in [0.25, 0.3) is 0 Å². The van der Waals surface area contributed by atoms with Crippen LogP contribution in [0.5, 0.6) is 5.75 Å². The van der Waals surface area contributed by atoms with Gasteiger partial charge >= 0.3 is 0 Å². The highest BCUT2D eigenvalue weighted by molar-refractivity contribution is 6.32. The Labute approximate surface area is 234 Å². The van der Waals surface area contributed by atoms with Gasteiger partial charge in [0, 0.05) is 29.5 Å². The lowest BCUT2D eigenvalue weighted by atomic mass is 9.52. The van der Waals surface area contributed by atoms with Crippen molar-refractivity contribution in [2.75, 3.05) is 27.2 Å².